The first kappa shape index (κ1) is 20.4. The molecular formula is C21H26FN3O2. The van der Waals surface area contributed by atoms with Crippen LogP contribution in [0.4, 0.5) is 9.18 Å². The van der Waals surface area contributed by atoms with Crippen molar-refractivity contribution in [3.05, 3.63) is 71.0 Å². The minimum Gasteiger partial charge on any atom is -0.339 e. The van der Waals surface area contributed by atoms with E-state index in [9.17, 15) is 14.0 Å². The number of benzene rings is 2. The number of nitrogens with zero attached hydrogens (tertiary/aromatic N) is 1. The summed E-state index contributed by atoms with van der Waals surface area (Å²) in [5.74, 6) is -0.298. The molecule has 5 nitrogen and oxygen atoms in total. The second kappa shape index (κ2) is 9.71. The topological polar surface area (TPSA) is 61.4 Å². The van der Waals surface area contributed by atoms with Crippen molar-refractivity contribution in [3.63, 3.8) is 0 Å². The number of nitrogens with one attached hydrogen (secondary N) is 2. The third kappa shape index (κ3) is 6.09. The number of hydrogen-bond acceptors (Lipinski definition) is 2. The summed E-state index contributed by atoms with van der Waals surface area (Å²) in [5, 5.41) is 5.46. The predicted molar refractivity (Wildman–Crippen MR) is 104 cm³/mol. The molecule has 0 saturated heterocycles. The number of urea groups is 1. The van der Waals surface area contributed by atoms with Gasteiger partial charge in [0.25, 0.3) is 5.91 Å². The van der Waals surface area contributed by atoms with Gasteiger partial charge in [0.15, 0.2) is 0 Å². The van der Waals surface area contributed by atoms with Crippen LogP contribution in [0.1, 0.15) is 35.3 Å². The van der Waals surface area contributed by atoms with Crippen molar-refractivity contribution in [2.45, 2.75) is 32.9 Å². The maximum Gasteiger partial charge on any atom is 0.315 e. The lowest BCUT2D eigenvalue weighted by molar-refractivity contribution is 0.0755. The van der Waals surface area contributed by atoms with Crippen LogP contribution < -0.4 is 10.6 Å². The first-order chi connectivity index (χ1) is 12.9. The van der Waals surface area contributed by atoms with E-state index in [1.807, 2.05) is 26.0 Å². The van der Waals surface area contributed by atoms with Crippen molar-refractivity contribution in [1.29, 1.82) is 0 Å². The summed E-state index contributed by atoms with van der Waals surface area (Å²) in [6.45, 7) is 4.61. The number of halogens is 1. The number of carbonyl (C=O) groups is 2. The lowest BCUT2D eigenvalue weighted by Crippen LogP contribution is -2.36. The van der Waals surface area contributed by atoms with Gasteiger partial charge in [-0.15, -0.1) is 0 Å². The van der Waals surface area contributed by atoms with Gasteiger partial charge in [-0.2, -0.15) is 0 Å². The summed E-state index contributed by atoms with van der Waals surface area (Å²) in [5.41, 5.74) is 2.08. The third-order valence-corrected chi connectivity index (χ3v) is 4.39. The fourth-order valence-corrected chi connectivity index (χ4v) is 2.46. The molecule has 0 fully saturated rings. The molecule has 0 aliphatic rings. The van der Waals surface area contributed by atoms with E-state index in [2.05, 4.69) is 10.6 Å². The molecule has 2 aromatic carbocycles. The van der Waals surface area contributed by atoms with Gasteiger partial charge >= 0.3 is 6.03 Å². The average Bonchev–Trinajstić information content (AvgIpc) is 2.67. The summed E-state index contributed by atoms with van der Waals surface area (Å²) >= 11 is 0. The highest BCUT2D eigenvalue weighted by molar-refractivity contribution is 5.94. The van der Waals surface area contributed by atoms with E-state index in [1.54, 1.807) is 42.3 Å². The van der Waals surface area contributed by atoms with Crippen molar-refractivity contribution < 1.29 is 14.0 Å². The highest BCUT2D eigenvalue weighted by Crippen LogP contribution is 2.09. The largest absolute Gasteiger partial charge is 0.339 e. The molecule has 0 radical (unpaired) electrons. The van der Waals surface area contributed by atoms with E-state index in [-0.39, 0.29) is 23.8 Å². The Kier molecular flexibility index (Phi) is 7.34. The van der Waals surface area contributed by atoms with Crippen molar-refractivity contribution >= 4 is 11.9 Å². The Bertz CT molecular complexity index is 775. The second-order valence-corrected chi connectivity index (χ2v) is 6.66. The highest BCUT2D eigenvalue weighted by Gasteiger charge is 2.14. The Balaban J connectivity index is 1.76. The molecule has 0 spiro atoms. The quantitative estimate of drug-likeness (QED) is 0.784. The molecule has 0 bridgehead atoms. The van der Waals surface area contributed by atoms with Gasteiger partial charge in [0.1, 0.15) is 5.82 Å². The lowest BCUT2D eigenvalue weighted by atomic mass is 10.1. The molecule has 0 aliphatic heterocycles. The summed E-state index contributed by atoms with van der Waals surface area (Å²) in [7, 11) is 1.77. The van der Waals surface area contributed by atoms with Crippen molar-refractivity contribution in [2.24, 2.45) is 0 Å². The SMILES string of the molecule is CC(C)N(C)C(=O)c1ccc(CNC(=O)NCCc2ccccc2F)cc1. The Morgan fingerprint density at radius 2 is 1.70 bits per heavy atom. The van der Waals surface area contributed by atoms with Crippen molar-refractivity contribution in [2.75, 3.05) is 13.6 Å². The molecule has 3 amide bonds. The van der Waals surface area contributed by atoms with Crippen molar-refractivity contribution in [1.82, 2.24) is 15.5 Å². The molecule has 6 heteroatoms. The number of carbonyl (C=O) groups excluding carboxylic acids is 2. The zero-order valence-corrected chi connectivity index (χ0v) is 16.0. The molecule has 0 heterocycles. The summed E-state index contributed by atoms with van der Waals surface area (Å²) < 4.78 is 13.5. The normalized spacial score (nSPS) is 10.6. The van der Waals surface area contributed by atoms with E-state index in [0.29, 0.717) is 30.6 Å². The van der Waals surface area contributed by atoms with E-state index in [4.69, 9.17) is 0 Å². The minimum atomic E-state index is -0.314. The van der Waals surface area contributed by atoms with Crippen LogP contribution in [0.2, 0.25) is 0 Å². The molecule has 144 valence electrons. The van der Waals surface area contributed by atoms with E-state index in [0.717, 1.165) is 5.56 Å². The first-order valence-electron chi connectivity index (χ1n) is 8.99. The molecule has 0 aromatic heterocycles. The van der Waals surface area contributed by atoms with Crippen LogP contribution in [0, 0.1) is 5.82 Å². The zero-order valence-electron chi connectivity index (χ0n) is 16.0. The number of hydrogen-bond donors (Lipinski definition) is 2. The van der Waals surface area contributed by atoms with Gasteiger partial charge in [0.2, 0.25) is 0 Å². The second-order valence-electron chi connectivity index (χ2n) is 6.66. The summed E-state index contributed by atoms with van der Waals surface area (Å²) in [6, 6.07) is 13.5. The summed E-state index contributed by atoms with van der Waals surface area (Å²) in [4.78, 5) is 25.8. The Morgan fingerprint density at radius 1 is 1.04 bits per heavy atom. The van der Waals surface area contributed by atoms with Gasteiger partial charge in [-0.05, 0) is 49.6 Å². The zero-order chi connectivity index (χ0) is 19.8. The lowest BCUT2D eigenvalue weighted by Gasteiger charge is -2.21. The van der Waals surface area contributed by atoms with E-state index in [1.165, 1.54) is 6.07 Å². The molecule has 0 saturated carbocycles. The minimum absolute atomic E-state index is 0.0320. The van der Waals surface area contributed by atoms with Crippen LogP contribution in [0.3, 0.4) is 0 Å². The molecule has 0 aliphatic carbocycles. The van der Waals surface area contributed by atoms with Crippen molar-refractivity contribution in [3.8, 4) is 0 Å². The number of amides is 3. The Hall–Kier alpha value is -2.89. The molecular weight excluding hydrogens is 345 g/mol. The van der Waals surface area contributed by atoms with Gasteiger partial charge in [0.05, 0.1) is 0 Å². The maximum absolute atomic E-state index is 13.5. The standard InChI is InChI=1S/C21H26FN3O2/c1-15(2)25(3)20(26)18-10-8-16(9-11-18)14-24-21(27)23-13-12-17-6-4-5-7-19(17)22/h4-11,15H,12-14H2,1-3H3,(H2,23,24,27). The van der Waals surface area contributed by atoms with Crippen LogP contribution in [-0.4, -0.2) is 36.5 Å². The summed E-state index contributed by atoms with van der Waals surface area (Å²) in [6.07, 6.45) is 0.431. The highest BCUT2D eigenvalue weighted by atomic mass is 19.1. The van der Waals surface area contributed by atoms with Gasteiger partial charge in [0, 0.05) is 31.7 Å². The third-order valence-electron chi connectivity index (χ3n) is 4.39. The fourth-order valence-electron chi connectivity index (χ4n) is 2.46. The van der Waals surface area contributed by atoms with Gasteiger partial charge in [-0.1, -0.05) is 30.3 Å². The monoisotopic (exact) mass is 371 g/mol. The Labute approximate surface area is 159 Å². The molecule has 2 rings (SSSR count). The Morgan fingerprint density at radius 3 is 2.33 bits per heavy atom. The van der Waals surface area contributed by atoms with E-state index >= 15 is 0 Å². The van der Waals surface area contributed by atoms with Crippen LogP contribution in [0.25, 0.3) is 0 Å². The van der Waals surface area contributed by atoms with Crippen LogP contribution in [0.15, 0.2) is 48.5 Å². The molecule has 0 unspecified atom stereocenters. The van der Waals surface area contributed by atoms with Crippen LogP contribution >= 0.6 is 0 Å². The van der Waals surface area contributed by atoms with Crippen LogP contribution in [-0.2, 0) is 13.0 Å². The molecule has 0 atom stereocenters. The van der Waals surface area contributed by atoms with Gasteiger partial charge in [-0.3, -0.25) is 4.79 Å². The van der Waals surface area contributed by atoms with Crippen LogP contribution in [0.5, 0.6) is 0 Å². The molecule has 2 N–H and O–H groups in total. The van der Waals surface area contributed by atoms with E-state index < -0.39 is 0 Å². The van der Waals surface area contributed by atoms with Gasteiger partial charge < -0.3 is 15.5 Å². The molecule has 27 heavy (non-hydrogen) atoms. The molecule has 2 aromatic rings. The number of rotatable bonds is 7. The smallest absolute Gasteiger partial charge is 0.315 e. The average molecular weight is 371 g/mol. The fraction of sp³-hybridized carbons (Fsp3) is 0.333. The van der Waals surface area contributed by atoms with Gasteiger partial charge in [-0.25, -0.2) is 9.18 Å². The maximum atomic E-state index is 13.5. The predicted octanol–water partition coefficient (Wildman–Crippen LogP) is 3.35. The first-order valence-corrected chi connectivity index (χ1v) is 8.99.